The Morgan fingerprint density at radius 1 is 1.04 bits per heavy atom. The zero-order chi connectivity index (χ0) is 18.9. The van der Waals surface area contributed by atoms with Crippen LogP contribution in [0.2, 0.25) is 10.0 Å². The summed E-state index contributed by atoms with van der Waals surface area (Å²) in [6.07, 6.45) is 1.98. The highest BCUT2D eigenvalue weighted by Gasteiger charge is 2.17. The first-order valence-corrected chi connectivity index (χ1v) is 9.27. The number of benzene rings is 2. The van der Waals surface area contributed by atoms with Gasteiger partial charge in [-0.1, -0.05) is 59.6 Å². The Kier molecular flexibility index (Phi) is 7.95. The molecule has 2 aromatic carbocycles. The summed E-state index contributed by atoms with van der Waals surface area (Å²) in [7, 11) is 0. The van der Waals surface area contributed by atoms with E-state index in [1.165, 1.54) is 17.4 Å². The van der Waals surface area contributed by atoms with E-state index >= 15 is 0 Å². The largest absolute Gasteiger partial charge is 0.356 e. The van der Waals surface area contributed by atoms with Gasteiger partial charge in [-0.25, -0.2) is 0 Å². The van der Waals surface area contributed by atoms with Crippen molar-refractivity contribution in [1.82, 2.24) is 5.32 Å². The molecule has 6 heteroatoms. The summed E-state index contributed by atoms with van der Waals surface area (Å²) in [5, 5.41) is 3.58. The average molecular weight is 393 g/mol. The van der Waals surface area contributed by atoms with Crippen LogP contribution in [0, 0.1) is 0 Å². The topological polar surface area (TPSA) is 49.4 Å². The van der Waals surface area contributed by atoms with Crippen molar-refractivity contribution in [1.29, 1.82) is 0 Å². The van der Waals surface area contributed by atoms with Gasteiger partial charge in [0.2, 0.25) is 11.8 Å². The van der Waals surface area contributed by atoms with Crippen molar-refractivity contribution in [2.75, 3.05) is 18.0 Å². The van der Waals surface area contributed by atoms with E-state index in [0.29, 0.717) is 22.3 Å². The van der Waals surface area contributed by atoms with Gasteiger partial charge in [-0.3, -0.25) is 9.59 Å². The minimum Gasteiger partial charge on any atom is -0.356 e. The Balaban J connectivity index is 1.80. The molecule has 4 nitrogen and oxygen atoms in total. The zero-order valence-corrected chi connectivity index (χ0v) is 16.2. The molecule has 0 aliphatic rings. The molecule has 0 unspecified atom stereocenters. The molecule has 0 saturated heterocycles. The lowest BCUT2D eigenvalue weighted by molar-refractivity contribution is -0.121. The Morgan fingerprint density at radius 3 is 2.46 bits per heavy atom. The van der Waals surface area contributed by atoms with E-state index in [2.05, 4.69) is 17.4 Å². The van der Waals surface area contributed by atoms with Gasteiger partial charge in [0.05, 0.1) is 15.7 Å². The standard InChI is InChI=1S/C20H22Cl2N2O2/c1-15(25)24(18-11-5-10-17(21)20(18)22)14-12-19(26)23-13-6-9-16-7-3-2-4-8-16/h2-5,7-8,10-11H,6,9,12-14H2,1H3,(H,23,26). The molecule has 0 saturated carbocycles. The monoisotopic (exact) mass is 392 g/mol. The van der Waals surface area contributed by atoms with E-state index in [1.807, 2.05) is 18.2 Å². The Labute approximate surface area is 164 Å². The van der Waals surface area contributed by atoms with Crippen LogP contribution < -0.4 is 10.2 Å². The molecule has 0 aromatic heterocycles. The average Bonchev–Trinajstić information content (AvgIpc) is 2.63. The van der Waals surface area contributed by atoms with Gasteiger partial charge in [-0.2, -0.15) is 0 Å². The van der Waals surface area contributed by atoms with Crippen LogP contribution in [-0.2, 0) is 16.0 Å². The maximum atomic E-state index is 12.1. The van der Waals surface area contributed by atoms with Gasteiger partial charge >= 0.3 is 0 Å². The van der Waals surface area contributed by atoms with Gasteiger partial charge in [-0.15, -0.1) is 0 Å². The Bertz CT molecular complexity index is 751. The second-order valence-electron chi connectivity index (χ2n) is 5.93. The number of nitrogens with zero attached hydrogens (tertiary/aromatic N) is 1. The summed E-state index contributed by atoms with van der Waals surface area (Å²) in [4.78, 5) is 25.5. The van der Waals surface area contributed by atoms with Crippen molar-refractivity contribution >= 4 is 40.7 Å². The fourth-order valence-electron chi connectivity index (χ4n) is 2.62. The molecule has 0 spiro atoms. The van der Waals surface area contributed by atoms with Gasteiger partial charge in [0.1, 0.15) is 0 Å². The summed E-state index contributed by atoms with van der Waals surface area (Å²) in [6, 6.07) is 15.2. The number of carbonyl (C=O) groups is 2. The maximum absolute atomic E-state index is 12.1. The molecule has 0 atom stereocenters. The van der Waals surface area contributed by atoms with Crippen LogP contribution in [0.5, 0.6) is 0 Å². The summed E-state index contributed by atoms with van der Waals surface area (Å²) in [5.74, 6) is -0.284. The lowest BCUT2D eigenvalue weighted by Crippen LogP contribution is -2.34. The molecule has 0 bridgehead atoms. The lowest BCUT2D eigenvalue weighted by Gasteiger charge is -2.22. The smallest absolute Gasteiger partial charge is 0.223 e. The predicted octanol–water partition coefficient (Wildman–Crippen LogP) is 4.49. The molecule has 2 amide bonds. The third-order valence-electron chi connectivity index (χ3n) is 3.97. The van der Waals surface area contributed by atoms with Crippen LogP contribution in [0.3, 0.4) is 0 Å². The number of hydrogen-bond donors (Lipinski definition) is 1. The lowest BCUT2D eigenvalue weighted by atomic mass is 10.1. The van der Waals surface area contributed by atoms with Crippen molar-refractivity contribution in [3.8, 4) is 0 Å². The first-order valence-electron chi connectivity index (χ1n) is 8.52. The summed E-state index contributed by atoms with van der Waals surface area (Å²) in [5.41, 5.74) is 1.77. The molecule has 0 heterocycles. The highest BCUT2D eigenvalue weighted by Crippen LogP contribution is 2.32. The van der Waals surface area contributed by atoms with E-state index in [1.54, 1.807) is 18.2 Å². The van der Waals surface area contributed by atoms with Gasteiger partial charge in [-0.05, 0) is 30.5 Å². The van der Waals surface area contributed by atoms with Crippen LogP contribution in [0.15, 0.2) is 48.5 Å². The van der Waals surface area contributed by atoms with Gasteiger partial charge in [0.15, 0.2) is 0 Å². The summed E-state index contributed by atoms with van der Waals surface area (Å²) < 4.78 is 0. The van der Waals surface area contributed by atoms with Crippen LogP contribution >= 0.6 is 23.2 Å². The van der Waals surface area contributed by atoms with Crippen LogP contribution in [0.1, 0.15) is 25.3 Å². The maximum Gasteiger partial charge on any atom is 0.223 e. The molecule has 0 aliphatic carbocycles. The molecule has 0 radical (unpaired) electrons. The quantitative estimate of drug-likeness (QED) is 0.672. The second kappa shape index (κ2) is 10.2. The third kappa shape index (κ3) is 6.04. The summed E-state index contributed by atoms with van der Waals surface area (Å²) in [6.45, 7) is 2.29. The van der Waals surface area contributed by atoms with Gasteiger partial charge in [0.25, 0.3) is 0 Å². The van der Waals surface area contributed by atoms with E-state index in [4.69, 9.17) is 23.2 Å². The SMILES string of the molecule is CC(=O)N(CCC(=O)NCCCc1ccccc1)c1cccc(Cl)c1Cl. The minimum absolute atomic E-state index is 0.0949. The highest BCUT2D eigenvalue weighted by atomic mass is 35.5. The molecule has 26 heavy (non-hydrogen) atoms. The van der Waals surface area contributed by atoms with Crippen LogP contribution in [0.25, 0.3) is 0 Å². The number of aryl methyl sites for hydroxylation is 1. The van der Waals surface area contributed by atoms with E-state index < -0.39 is 0 Å². The van der Waals surface area contributed by atoms with Gasteiger partial charge < -0.3 is 10.2 Å². The fourth-order valence-corrected chi connectivity index (χ4v) is 3.01. The van der Waals surface area contributed by atoms with Crippen molar-refractivity contribution in [3.05, 3.63) is 64.1 Å². The van der Waals surface area contributed by atoms with Crippen molar-refractivity contribution < 1.29 is 9.59 Å². The van der Waals surface area contributed by atoms with E-state index in [-0.39, 0.29) is 24.8 Å². The molecule has 0 aliphatic heterocycles. The Hall–Kier alpha value is -2.04. The van der Waals surface area contributed by atoms with Crippen molar-refractivity contribution in [2.24, 2.45) is 0 Å². The molecule has 138 valence electrons. The molecule has 2 rings (SSSR count). The van der Waals surface area contributed by atoms with Crippen molar-refractivity contribution in [3.63, 3.8) is 0 Å². The third-order valence-corrected chi connectivity index (χ3v) is 4.78. The van der Waals surface area contributed by atoms with Gasteiger partial charge in [0, 0.05) is 26.4 Å². The first-order chi connectivity index (χ1) is 12.5. The number of carbonyl (C=O) groups excluding carboxylic acids is 2. The number of rotatable bonds is 8. The number of hydrogen-bond acceptors (Lipinski definition) is 2. The fraction of sp³-hybridized carbons (Fsp3) is 0.300. The number of nitrogens with one attached hydrogen (secondary N) is 1. The highest BCUT2D eigenvalue weighted by molar-refractivity contribution is 6.44. The molecule has 0 fully saturated rings. The Morgan fingerprint density at radius 2 is 1.77 bits per heavy atom. The zero-order valence-electron chi connectivity index (χ0n) is 14.7. The van der Waals surface area contributed by atoms with E-state index in [0.717, 1.165) is 12.8 Å². The number of anilines is 1. The first kappa shape index (κ1) is 20.3. The minimum atomic E-state index is -0.189. The number of amides is 2. The molecule has 1 N–H and O–H groups in total. The van der Waals surface area contributed by atoms with Crippen LogP contribution in [-0.4, -0.2) is 24.9 Å². The van der Waals surface area contributed by atoms with Crippen LogP contribution in [0.4, 0.5) is 5.69 Å². The molecule has 2 aromatic rings. The number of halogens is 2. The predicted molar refractivity (Wildman–Crippen MR) is 107 cm³/mol. The van der Waals surface area contributed by atoms with Crippen molar-refractivity contribution in [2.45, 2.75) is 26.2 Å². The van der Waals surface area contributed by atoms with E-state index in [9.17, 15) is 9.59 Å². The summed E-state index contributed by atoms with van der Waals surface area (Å²) >= 11 is 12.2. The second-order valence-corrected chi connectivity index (χ2v) is 6.72. The molecular formula is C20H22Cl2N2O2. The normalized spacial score (nSPS) is 10.4. The molecular weight excluding hydrogens is 371 g/mol.